The van der Waals surface area contributed by atoms with E-state index >= 15 is 0 Å². The topological polar surface area (TPSA) is 33.7 Å². The van der Waals surface area contributed by atoms with E-state index in [9.17, 15) is 0 Å². The molecule has 4 nitrogen and oxygen atoms in total. The Morgan fingerprint density at radius 2 is 1.76 bits per heavy atom. The molecule has 0 aromatic heterocycles. The smallest absolute Gasteiger partial charge is 0.161 e. The summed E-state index contributed by atoms with van der Waals surface area (Å²) < 4.78 is 11.5. The van der Waals surface area contributed by atoms with Gasteiger partial charge in [-0.1, -0.05) is 6.07 Å². The summed E-state index contributed by atoms with van der Waals surface area (Å²) in [6, 6.07) is 7.86. The van der Waals surface area contributed by atoms with E-state index < -0.39 is 0 Å². The van der Waals surface area contributed by atoms with Crippen LogP contribution in [0.25, 0.3) is 0 Å². The fourth-order valence-electron chi connectivity index (χ4n) is 3.34. The zero-order valence-electron chi connectivity index (χ0n) is 13.3. The molecule has 1 saturated heterocycles. The molecule has 0 spiro atoms. The van der Waals surface area contributed by atoms with E-state index in [1.165, 1.54) is 5.56 Å². The summed E-state index contributed by atoms with van der Waals surface area (Å²) in [6.07, 6.45) is 0.951. The second-order valence-electron chi connectivity index (χ2n) is 6.36. The lowest BCUT2D eigenvalue weighted by Gasteiger charge is -2.40. The predicted molar refractivity (Wildman–Crippen MR) is 84.1 cm³/mol. The van der Waals surface area contributed by atoms with E-state index in [2.05, 4.69) is 49.2 Å². The van der Waals surface area contributed by atoms with Crippen LogP contribution < -0.4 is 14.8 Å². The minimum Gasteiger partial charge on any atom is -0.490 e. The number of ether oxygens (including phenoxy) is 2. The fourth-order valence-corrected chi connectivity index (χ4v) is 3.34. The van der Waals surface area contributed by atoms with Gasteiger partial charge in [0.25, 0.3) is 0 Å². The van der Waals surface area contributed by atoms with Gasteiger partial charge in [0.05, 0.1) is 13.2 Å². The molecule has 0 amide bonds. The molecule has 2 aliphatic heterocycles. The van der Waals surface area contributed by atoms with Crippen molar-refractivity contribution in [1.82, 2.24) is 10.2 Å². The normalized spacial score (nSPS) is 28.0. The van der Waals surface area contributed by atoms with Gasteiger partial charge in [0, 0.05) is 37.6 Å². The lowest BCUT2D eigenvalue weighted by atomic mass is 10.0. The van der Waals surface area contributed by atoms with Crippen LogP contribution in [0.5, 0.6) is 11.5 Å². The number of rotatable bonds is 2. The maximum Gasteiger partial charge on any atom is 0.161 e. The first-order valence-electron chi connectivity index (χ1n) is 8.03. The Hall–Kier alpha value is -1.26. The number of hydrogen-bond donors (Lipinski definition) is 1. The van der Waals surface area contributed by atoms with Crippen LogP contribution >= 0.6 is 0 Å². The van der Waals surface area contributed by atoms with Gasteiger partial charge in [0.15, 0.2) is 11.5 Å². The predicted octanol–water partition coefficient (Wildman–Crippen LogP) is 2.59. The molecule has 0 aliphatic carbocycles. The Labute approximate surface area is 127 Å². The molecule has 21 heavy (non-hydrogen) atoms. The molecule has 0 saturated carbocycles. The molecule has 4 heteroatoms. The van der Waals surface area contributed by atoms with Crippen LogP contribution in [0.1, 0.15) is 38.8 Å². The third kappa shape index (κ3) is 3.33. The van der Waals surface area contributed by atoms with Crippen molar-refractivity contribution in [2.45, 2.75) is 45.3 Å². The molecule has 0 bridgehead atoms. The van der Waals surface area contributed by atoms with Gasteiger partial charge >= 0.3 is 0 Å². The summed E-state index contributed by atoms with van der Waals surface area (Å²) in [7, 11) is 0. The number of nitrogens with one attached hydrogen (secondary N) is 1. The van der Waals surface area contributed by atoms with Crippen molar-refractivity contribution in [2.24, 2.45) is 0 Å². The van der Waals surface area contributed by atoms with Crippen LogP contribution in [0, 0.1) is 0 Å². The van der Waals surface area contributed by atoms with Gasteiger partial charge in [-0.3, -0.25) is 4.90 Å². The van der Waals surface area contributed by atoms with E-state index in [4.69, 9.17) is 9.47 Å². The monoisotopic (exact) mass is 290 g/mol. The van der Waals surface area contributed by atoms with Gasteiger partial charge in [0.1, 0.15) is 0 Å². The van der Waals surface area contributed by atoms with Crippen LogP contribution in [0.3, 0.4) is 0 Å². The van der Waals surface area contributed by atoms with Gasteiger partial charge < -0.3 is 14.8 Å². The molecule has 1 fully saturated rings. The Morgan fingerprint density at radius 1 is 1.10 bits per heavy atom. The number of nitrogens with zero attached hydrogens (tertiary/aromatic N) is 1. The first-order chi connectivity index (χ1) is 10.1. The van der Waals surface area contributed by atoms with Crippen LogP contribution in [-0.4, -0.2) is 43.3 Å². The number of fused-ring (bicyclic) bond motifs is 1. The molecular formula is C17H26N2O2. The van der Waals surface area contributed by atoms with Crippen molar-refractivity contribution >= 4 is 0 Å². The lowest BCUT2D eigenvalue weighted by Crippen LogP contribution is -2.54. The Balaban J connectivity index is 1.78. The van der Waals surface area contributed by atoms with Crippen molar-refractivity contribution in [3.63, 3.8) is 0 Å². The van der Waals surface area contributed by atoms with Gasteiger partial charge in [-0.25, -0.2) is 0 Å². The Morgan fingerprint density at radius 3 is 2.48 bits per heavy atom. The molecule has 0 radical (unpaired) electrons. The molecule has 3 unspecified atom stereocenters. The highest BCUT2D eigenvalue weighted by Gasteiger charge is 2.26. The van der Waals surface area contributed by atoms with E-state index in [0.29, 0.717) is 18.1 Å². The third-order valence-electron chi connectivity index (χ3n) is 4.39. The van der Waals surface area contributed by atoms with Gasteiger partial charge in [-0.15, -0.1) is 0 Å². The van der Waals surface area contributed by atoms with Gasteiger partial charge in [-0.05, 0) is 38.5 Å². The summed E-state index contributed by atoms with van der Waals surface area (Å²) in [5.74, 6) is 1.78. The quantitative estimate of drug-likeness (QED) is 0.908. The summed E-state index contributed by atoms with van der Waals surface area (Å²) in [5, 5.41) is 3.59. The van der Waals surface area contributed by atoms with Crippen molar-refractivity contribution < 1.29 is 9.47 Å². The number of benzene rings is 1. The molecule has 2 aliphatic rings. The maximum absolute atomic E-state index is 5.81. The van der Waals surface area contributed by atoms with E-state index in [0.717, 1.165) is 44.2 Å². The fraction of sp³-hybridized carbons (Fsp3) is 0.647. The van der Waals surface area contributed by atoms with Crippen molar-refractivity contribution in [3.8, 4) is 11.5 Å². The van der Waals surface area contributed by atoms with E-state index in [1.807, 2.05) is 0 Å². The highest BCUT2D eigenvalue weighted by molar-refractivity contribution is 5.44. The summed E-state index contributed by atoms with van der Waals surface area (Å²) in [6.45, 7) is 10.4. The molecular weight excluding hydrogens is 264 g/mol. The third-order valence-corrected chi connectivity index (χ3v) is 4.39. The standard InChI is InChI=1S/C17H26N2O2/c1-12-10-19(11-13(2)18-12)14(3)15-5-6-16-17(9-15)21-8-4-7-20-16/h5-6,9,12-14,18H,4,7-8,10-11H2,1-3H3. The van der Waals surface area contributed by atoms with Crippen LogP contribution in [0.2, 0.25) is 0 Å². The number of hydrogen-bond acceptors (Lipinski definition) is 4. The average molecular weight is 290 g/mol. The molecule has 3 atom stereocenters. The molecule has 1 N–H and O–H groups in total. The number of piperazine rings is 1. The van der Waals surface area contributed by atoms with Crippen molar-refractivity contribution in [1.29, 1.82) is 0 Å². The SMILES string of the molecule is CC1CN(C(C)c2ccc3c(c2)OCCCO3)CC(C)N1. The largest absolute Gasteiger partial charge is 0.490 e. The summed E-state index contributed by atoms with van der Waals surface area (Å²) in [5.41, 5.74) is 1.31. The van der Waals surface area contributed by atoms with Gasteiger partial charge in [0.2, 0.25) is 0 Å². The van der Waals surface area contributed by atoms with Crippen LogP contribution in [-0.2, 0) is 0 Å². The first-order valence-corrected chi connectivity index (χ1v) is 8.03. The molecule has 1 aromatic carbocycles. The van der Waals surface area contributed by atoms with Crippen LogP contribution in [0.4, 0.5) is 0 Å². The Bertz CT molecular complexity index is 482. The zero-order valence-corrected chi connectivity index (χ0v) is 13.3. The van der Waals surface area contributed by atoms with Gasteiger partial charge in [-0.2, -0.15) is 0 Å². The second kappa shape index (κ2) is 6.24. The molecule has 3 rings (SSSR count). The zero-order chi connectivity index (χ0) is 14.8. The highest BCUT2D eigenvalue weighted by atomic mass is 16.5. The van der Waals surface area contributed by atoms with Crippen LogP contribution in [0.15, 0.2) is 18.2 Å². The molecule has 1 aromatic rings. The minimum atomic E-state index is 0.397. The van der Waals surface area contributed by atoms with Crippen molar-refractivity contribution in [2.75, 3.05) is 26.3 Å². The second-order valence-corrected chi connectivity index (χ2v) is 6.36. The lowest BCUT2D eigenvalue weighted by molar-refractivity contribution is 0.131. The molecule has 2 heterocycles. The van der Waals surface area contributed by atoms with E-state index in [1.54, 1.807) is 0 Å². The first kappa shape index (κ1) is 14.7. The Kier molecular flexibility index (Phi) is 4.36. The summed E-state index contributed by atoms with van der Waals surface area (Å²) >= 11 is 0. The van der Waals surface area contributed by atoms with E-state index in [-0.39, 0.29) is 0 Å². The molecule has 116 valence electrons. The average Bonchev–Trinajstić information content (AvgIpc) is 2.69. The highest BCUT2D eigenvalue weighted by Crippen LogP contribution is 2.34. The van der Waals surface area contributed by atoms with Crippen molar-refractivity contribution in [3.05, 3.63) is 23.8 Å². The minimum absolute atomic E-state index is 0.397. The maximum atomic E-state index is 5.81. The summed E-state index contributed by atoms with van der Waals surface area (Å²) in [4.78, 5) is 2.55.